The van der Waals surface area contributed by atoms with Gasteiger partial charge in [0.05, 0.1) is 31.2 Å². The zero-order valence-corrected chi connectivity index (χ0v) is 9.14. The van der Waals surface area contributed by atoms with Crippen LogP contribution in [0.3, 0.4) is 0 Å². The van der Waals surface area contributed by atoms with Crippen LogP contribution >= 0.6 is 0 Å². The highest BCUT2D eigenvalue weighted by Crippen LogP contribution is 2.08. The van der Waals surface area contributed by atoms with Gasteiger partial charge in [-0.2, -0.15) is 0 Å². The van der Waals surface area contributed by atoms with Gasteiger partial charge in [-0.25, -0.2) is 8.42 Å². The molecule has 0 aliphatic carbocycles. The summed E-state index contributed by atoms with van der Waals surface area (Å²) in [5.41, 5.74) is 0. The standard InChI is InChI=1S/C8H15FO4S/c1-7(6-8(10)13-2)14(11,12)5-3-4-9/h7H,3-6H2,1-2H3. The number of methoxy groups -OCH3 is 1. The Morgan fingerprint density at radius 3 is 2.50 bits per heavy atom. The molecule has 84 valence electrons. The number of esters is 1. The molecule has 1 atom stereocenters. The second-order valence-corrected chi connectivity index (χ2v) is 5.54. The average molecular weight is 226 g/mol. The SMILES string of the molecule is COC(=O)CC(C)S(=O)(=O)CCCF. The first-order chi connectivity index (χ1) is 6.44. The molecule has 0 saturated carbocycles. The fourth-order valence-electron chi connectivity index (χ4n) is 0.902. The molecule has 0 saturated heterocycles. The van der Waals surface area contributed by atoms with Crippen LogP contribution in [0.1, 0.15) is 19.8 Å². The van der Waals surface area contributed by atoms with Gasteiger partial charge in [-0.1, -0.05) is 0 Å². The number of halogens is 1. The summed E-state index contributed by atoms with van der Waals surface area (Å²) in [5, 5.41) is -0.804. The van der Waals surface area contributed by atoms with Crippen molar-refractivity contribution in [2.45, 2.75) is 25.0 Å². The summed E-state index contributed by atoms with van der Waals surface area (Å²) in [6.07, 6.45) is -0.195. The Morgan fingerprint density at radius 2 is 2.07 bits per heavy atom. The van der Waals surface area contributed by atoms with E-state index in [9.17, 15) is 17.6 Å². The molecule has 0 aliphatic rings. The fourth-order valence-corrected chi connectivity index (χ4v) is 2.21. The molecule has 0 aliphatic heterocycles. The topological polar surface area (TPSA) is 60.4 Å². The molecular weight excluding hydrogens is 211 g/mol. The number of ether oxygens (including phenoxy) is 1. The largest absolute Gasteiger partial charge is 0.469 e. The van der Waals surface area contributed by atoms with Crippen molar-refractivity contribution in [3.63, 3.8) is 0 Å². The highest BCUT2D eigenvalue weighted by Gasteiger charge is 2.23. The number of carbonyl (C=O) groups excluding carboxylic acids is 1. The smallest absolute Gasteiger partial charge is 0.306 e. The van der Waals surface area contributed by atoms with Crippen molar-refractivity contribution in [1.29, 1.82) is 0 Å². The summed E-state index contributed by atoms with van der Waals surface area (Å²) in [6, 6.07) is 0. The molecule has 4 nitrogen and oxygen atoms in total. The quantitative estimate of drug-likeness (QED) is 0.626. The third kappa shape index (κ3) is 4.55. The van der Waals surface area contributed by atoms with Gasteiger partial charge in [0.15, 0.2) is 9.84 Å². The molecule has 0 aromatic carbocycles. The van der Waals surface area contributed by atoms with E-state index in [4.69, 9.17) is 0 Å². The molecule has 14 heavy (non-hydrogen) atoms. The first-order valence-electron chi connectivity index (χ1n) is 4.28. The first-order valence-corrected chi connectivity index (χ1v) is 6.00. The zero-order chi connectivity index (χ0) is 11.2. The van der Waals surface area contributed by atoms with Gasteiger partial charge in [-0.05, 0) is 13.3 Å². The second kappa shape index (κ2) is 5.95. The van der Waals surface area contributed by atoms with Crippen LogP contribution in [0.4, 0.5) is 4.39 Å². The molecular formula is C8H15FO4S. The Labute approximate surface area is 83.4 Å². The van der Waals surface area contributed by atoms with E-state index in [1.165, 1.54) is 14.0 Å². The van der Waals surface area contributed by atoms with Crippen LogP contribution in [-0.4, -0.2) is 39.2 Å². The Hall–Kier alpha value is -0.650. The summed E-state index contributed by atoms with van der Waals surface area (Å²) in [7, 11) is -2.17. The minimum Gasteiger partial charge on any atom is -0.469 e. The number of sulfone groups is 1. The molecule has 0 heterocycles. The zero-order valence-electron chi connectivity index (χ0n) is 8.32. The molecule has 0 fully saturated rings. The van der Waals surface area contributed by atoms with Crippen molar-refractivity contribution < 1.29 is 22.3 Å². The summed E-state index contributed by atoms with van der Waals surface area (Å²) in [5.74, 6) is -0.789. The highest BCUT2D eigenvalue weighted by atomic mass is 32.2. The third-order valence-corrected chi connectivity index (χ3v) is 4.11. The van der Waals surface area contributed by atoms with Crippen molar-refractivity contribution in [2.24, 2.45) is 0 Å². The lowest BCUT2D eigenvalue weighted by Crippen LogP contribution is -2.24. The van der Waals surface area contributed by atoms with Crippen molar-refractivity contribution >= 4 is 15.8 Å². The highest BCUT2D eigenvalue weighted by molar-refractivity contribution is 7.92. The Bertz CT molecular complexity index is 273. The Kier molecular flexibility index (Phi) is 5.68. The minimum atomic E-state index is -3.37. The normalized spacial score (nSPS) is 13.6. The molecule has 0 aromatic heterocycles. The molecule has 0 rings (SSSR count). The van der Waals surface area contributed by atoms with E-state index in [1.54, 1.807) is 0 Å². The summed E-state index contributed by atoms with van der Waals surface area (Å²) in [4.78, 5) is 10.8. The van der Waals surface area contributed by atoms with Crippen LogP contribution < -0.4 is 0 Å². The Balaban J connectivity index is 4.21. The van der Waals surface area contributed by atoms with Crippen LogP contribution in [0, 0.1) is 0 Å². The maximum absolute atomic E-state index is 11.8. The van der Waals surface area contributed by atoms with Crippen LogP contribution in [0.5, 0.6) is 0 Å². The van der Waals surface area contributed by atoms with Gasteiger partial charge in [0.25, 0.3) is 0 Å². The van der Waals surface area contributed by atoms with E-state index in [-0.39, 0.29) is 18.6 Å². The average Bonchev–Trinajstić information content (AvgIpc) is 2.14. The van der Waals surface area contributed by atoms with Gasteiger partial charge < -0.3 is 4.74 Å². The van der Waals surface area contributed by atoms with Gasteiger partial charge >= 0.3 is 5.97 Å². The van der Waals surface area contributed by atoms with Crippen molar-refractivity contribution in [1.82, 2.24) is 0 Å². The number of alkyl halides is 1. The maximum Gasteiger partial charge on any atom is 0.306 e. The molecule has 0 amide bonds. The van der Waals surface area contributed by atoms with Gasteiger partial charge in [0, 0.05) is 0 Å². The predicted octanol–water partition coefficient (Wildman–Crippen LogP) is 0.712. The van der Waals surface area contributed by atoms with Gasteiger partial charge in [-0.3, -0.25) is 9.18 Å². The lowest BCUT2D eigenvalue weighted by molar-refractivity contribution is -0.140. The molecule has 1 unspecified atom stereocenters. The summed E-state index contributed by atoms with van der Waals surface area (Å²) < 4.78 is 38.8. The minimum absolute atomic E-state index is 0.0200. The van der Waals surface area contributed by atoms with Gasteiger partial charge in [0.1, 0.15) is 0 Å². The molecule has 0 spiro atoms. The number of rotatable bonds is 6. The molecule has 0 radical (unpaired) electrons. The lowest BCUT2D eigenvalue weighted by Gasteiger charge is -2.10. The second-order valence-electron chi connectivity index (χ2n) is 3.00. The molecule has 0 bridgehead atoms. The van der Waals surface area contributed by atoms with E-state index >= 15 is 0 Å². The van der Waals surface area contributed by atoms with Crippen LogP contribution in [0.25, 0.3) is 0 Å². The number of carbonyl (C=O) groups is 1. The van der Waals surface area contributed by atoms with E-state index in [0.717, 1.165) is 0 Å². The maximum atomic E-state index is 11.8. The third-order valence-electron chi connectivity index (χ3n) is 1.86. The number of hydrogen-bond donors (Lipinski definition) is 0. The lowest BCUT2D eigenvalue weighted by atomic mass is 10.3. The van der Waals surface area contributed by atoms with Crippen LogP contribution in [0.15, 0.2) is 0 Å². The van der Waals surface area contributed by atoms with Crippen molar-refractivity contribution in [2.75, 3.05) is 19.5 Å². The molecule has 6 heteroatoms. The van der Waals surface area contributed by atoms with Crippen molar-refractivity contribution in [3.05, 3.63) is 0 Å². The predicted molar refractivity (Wildman–Crippen MR) is 50.5 cm³/mol. The summed E-state index contributed by atoms with van der Waals surface area (Å²) in [6.45, 7) is 0.759. The summed E-state index contributed by atoms with van der Waals surface area (Å²) >= 11 is 0. The van der Waals surface area contributed by atoms with Gasteiger partial charge in [0.2, 0.25) is 0 Å². The van der Waals surface area contributed by atoms with Crippen molar-refractivity contribution in [3.8, 4) is 0 Å². The van der Waals surface area contributed by atoms with E-state index in [1.807, 2.05) is 0 Å². The monoisotopic (exact) mass is 226 g/mol. The van der Waals surface area contributed by atoms with E-state index in [2.05, 4.69) is 4.74 Å². The van der Waals surface area contributed by atoms with E-state index < -0.39 is 27.7 Å². The first kappa shape index (κ1) is 13.4. The number of hydrogen-bond acceptors (Lipinski definition) is 4. The van der Waals surface area contributed by atoms with Gasteiger partial charge in [-0.15, -0.1) is 0 Å². The van der Waals surface area contributed by atoms with Crippen LogP contribution in [-0.2, 0) is 19.4 Å². The molecule has 0 aromatic rings. The van der Waals surface area contributed by atoms with Crippen LogP contribution in [0.2, 0.25) is 0 Å². The Morgan fingerprint density at radius 1 is 1.50 bits per heavy atom. The fraction of sp³-hybridized carbons (Fsp3) is 0.875. The molecule has 0 N–H and O–H groups in total. The van der Waals surface area contributed by atoms with E-state index in [0.29, 0.717) is 0 Å².